The number of aliphatic hydroxyl groups is 1. The molecule has 0 aliphatic carbocycles. The molecule has 0 atom stereocenters. The average Bonchev–Trinajstić information content (AvgIpc) is 2.68. The van der Waals surface area contributed by atoms with Crippen LogP contribution in [-0.2, 0) is 13.1 Å². The number of rotatable bonds is 6. The molecule has 6 nitrogen and oxygen atoms in total. The molecule has 1 heterocycles. The maximum absolute atomic E-state index is 12.8. The molecular weight excluding hydrogens is 332 g/mol. The maximum Gasteiger partial charge on any atom is 0.332 e. The second-order valence-corrected chi connectivity index (χ2v) is 5.87. The van der Waals surface area contributed by atoms with Gasteiger partial charge in [0.1, 0.15) is 6.61 Å². The fraction of sp³-hybridized carbons (Fsp3) is 0.150. The number of carbonyl (C=O) groups is 1. The molecule has 0 saturated heterocycles. The first-order chi connectivity index (χ1) is 12.6. The molecule has 0 spiro atoms. The van der Waals surface area contributed by atoms with Gasteiger partial charge < -0.3 is 5.11 Å². The number of nitrogens with zero attached hydrogens (tertiary/aromatic N) is 2. The predicted molar refractivity (Wildman–Crippen MR) is 99.6 cm³/mol. The minimum absolute atomic E-state index is 0.131. The second-order valence-electron chi connectivity index (χ2n) is 5.87. The Labute approximate surface area is 149 Å². The minimum Gasteiger partial charge on any atom is -0.388 e. The summed E-state index contributed by atoms with van der Waals surface area (Å²) >= 11 is 0. The molecular formula is C20H18N2O4. The highest BCUT2D eigenvalue weighted by atomic mass is 16.3. The number of ketones is 1. The van der Waals surface area contributed by atoms with Gasteiger partial charge in [-0.25, -0.2) is 4.79 Å². The lowest BCUT2D eigenvalue weighted by molar-refractivity contribution is 0.0903. The molecule has 0 radical (unpaired) electrons. The Morgan fingerprint density at radius 2 is 1.73 bits per heavy atom. The van der Waals surface area contributed by atoms with E-state index in [1.165, 1.54) is 10.6 Å². The van der Waals surface area contributed by atoms with Crippen LogP contribution < -0.4 is 11.2 Å². The van der Waals surface area contributed by atoms with Crippen LogP contribution in [0, 0.1) is 0 Å². The third-order valence-electron chi connectivity index (χ3n) is 4.20. The van der Waals surface area contributed by atoms with Crippen molar-refractivity contribution in [3.63, 3.8) is 0 Å². The van der Waals surface area contributed by atoms with E-state index in [1.807, 2.05) is 0 Å². The molecule has 0 aliphatic heterocycles. The first kappa shape index (κ1) is 17.6. The van der Waals surface area contributed by atoms with Crippen LogP contribution in [0.3, 0.4) is 0 Å². The van der Waals surface area contributed by atoms with Crippen LogP contribution in [-0.4, -0.2) is 26.6 Å². The van der Waals surface area contributed by atoms with Crippen LogP contribution in [0.5, 0.6) is 0 Å². The number of benzene rings is 2. The highest BCUT2D eigenvalue weighted by Gasteiger charge is 2.12. The van der Waals surface area contributed by atoms with Gasteiger partial charge in [0.25, 0.3) is 5.56 Å². The lowest BCUT2D eigenvalue weighted by atomic mass is 10.1. The molecule has 0 saturated carbocycles. The molecule has 0 fully saturated rings. The van der Waals surface area contributed by atoms with E-state index in [0.717, 1.165) is 10.1 Å². The van der Waals surface area contributed by atoms with E-state index in [1.54, 1.807) is 48.5 Å². The van der Waals surface area contributed by atoms with Crippen molar-refractivity contribution >= 4 is 16.7 Å². The summed E-state index contributed by atoms with van der Waals surface area (Å²) in [6, 6.07) is 13.6. The molecule has 0 bridgehead atoms. The average molecular weight is 350 g/mol. The molecule has 0 unspecified atom stereocenters. The van der Waals surface area contributed by atoms with Gasteiger partial charge in [0.05, 0.1) is 17.4 Å². The van der Waals surface area contributed by atoms with Crippen molar-refractivity contribution in [2.75, 3.05) is 6.61 Å². The molecule has 1 N–H and O–H groups in total. The molecule has 2 aromatic carbocycles. The van der Waals surface area contributed by atoms with E-state index in [2.05, 4.69) is 6.58 Å². The number of aromatic nitrogens is 2. The molecule has 6 heteroatoms. The Hall–Kier alpha value is -3.25. The summed E-state index contributed by atoms with van der Waals surface area (Å²) < 4.78 is 2.68. The van der Waals surface area contributed by atoms with E-state index in [-0.39, 0.29) is 24.4 Å². The number of hydrogen-bond acceptors (Lipinski definition) is 4. The SMILES string of the molecule is C=CCn1c(=O)c2ccccc2n(Cc2ccc(C(=O)CO)cc2)c1=O. The largest absolute Gasteiger partial charge is 0.388 e. The van der Waals surface area contributed by atoms with Crippen molar-refractivity contribution in [3.05, 3.63) is 93.2 Å². The molecule has 0 amide bonds. The zero-order chi connectivity index (χ0) is 18.7. The van der Waals surface area contributed by atoms with Crippen molar-refractivity contribution in [1.82, 2.24) is 9.13 Å². The number of fused-ring (bicyclic) bond motifs is 1. The third kappa shape index (κ3) is 3.14. The van der Waals surface area contributed by atoms with Gasteiger partial charge in [-0.05, 0) is 17.7 Å². The number of carbonyl (C=O) groups excluding carboxylic acids is 1. The molecule has 0 aliphatic rings. The van der Waals surface area contributed by atoms with Crippen molar-refractivity contribution in [3.8, 4) is 0 Å². The summed E-state index contributed by atoms with van der Waals surface area (Å²) in [5.74, 6) is -0.362. The first-order valence-electron chi connectivity index (χ1n) is 8.13. The first-order valence-corrected chi connectivity index (χ1v) is 8.13. The van der Waals surface area contributed by atoms with E-state index < -0.39 is 12.3 Å². The predicted octanol–water partition coefficient (Wildman–Crippen LogP) is 1.57. The van der Waals surface area contributed by atoms with Crippen LogP contribution in [0.4, 0.5) is 0 Å². The highest BCUT2D eigenvalue weighted by molar-refractivity contribution is 5.96. The van der Waals surface area contributed by atoms with E-state index in [0.29, 0.717) is 16.5 Å². The lowest BCUT2D eigenvalue weighted by Crippen LogP contribution is -2.40. The standard InChI is InChI=1S/C20H18N2O4/c1-2-11-21-19(25)16-5-3-4-6-17(16)22(20(21)26)12-14-7-9-15(10-8-14)18(24)13-23/h2-10,23H,1,11-13H2. The van der Waals surface area contributed by atoms with Gasteiger partial charge >= 0.3 is 5.69 Å². The Bertz CT molecular complexity index is 1090. The molecule has 3 rings (SSSR count). The molecule has 1 aromatic heterocycles. The Morgan fingerprint density at radius 3 is 2.38 bits per heavy atom. The van der Waals surface area contributed by atoms with Gasteiger partial charge in [-0.1, -0.05) is 42.5 Å². The van der Waals surface area contributed by atoms with Crippen LogP contribution in [0.15, 0.2) is 70.8 Å². The van der Waals surface area contributed by atoms with Crippen LogP contribution in [0.2, 0.25) is 0 Å². The molecule has 26 heavy (non-hydrogen) atoms. The van der Waals surface area contributed by atoms with Gasteiger partial charge in [0, 0.05) is 12.1 Å². The molecule has 3 aromatic rings. The summed E-state index contributed by atoms with van der Waals surface area (Å²) in [4.78, 5) is 36.9. The van der Waals surface area contributed by atoms with Crippen LogP contribution >= 0.6 is 0 Å². The van der Waals surface area contributed by atoms with Crippen molar-refractivity contribution in [2.45, 2.75) is 13.1 Å². The maximum atomic E-state index is 12.8. The number of aliphatic hydroxyl groups excluding tert-OH is 1. The van der Waals surface area contributed by atoms with Crippen LogP contribution in [0.1, 0.15) is 15.9 Å². The van der Waals surface area contributed by atoms with Crippen LogP contribution in [0.25, 0.3) is 10.9 Å². The number of hydrogen-bond donors (Lipinski definition) is 1. The molecule has 132 valence electrons. The van der Waals surface area contributed by atoms with Gasteiger partial charge in [-0.2, -0.15) is 0 Å². The van der Waals surface area contributed by atoms with Gasteiger partial charge in [-0.3, -0.25) is 18.7 Å². The fourth-order valence-electron chi connectivity index (χ4n) is 2.88. The quantitative estimate of drug-likeness (QED) is 0.540. The summed E-state index contributed by atoms with van der Waals surface area (Å²) in [5.41, 5.74) is 1.01. The third-order valence-corrected chi connectivity index (χ3v) is 4.20. The number of para-hydroxylation sites is 1. The van der Waals surface area contributed by atoms with Crippen molar-refractivity contribution < 1.29 is 9.90 Å². The lowest BCUT2D eigenvalue weighted by Gasteiger charge is -2.13. The summed E-state index contributed by atoms with van der Waals surface area (Å²) in [6.07, 6.45) is 1.51. The summed E-state index contributed by atoms with van der Waals surface area (Å²) in [5, 5.41) is 9.38. The Balaban J connectivity index is 2.12. The van der Waals surface area contributed by atoms with Gasteiger partial charge in [0.2, 0.25) is 0 Å². The fourth-order valence-corrected chi connectivity index (χ4v) is 2.88. The Kier molecular flexibility index (Phi) is 4.95. The monoisotopic (exact) mass is 350 g/mol. The second kappa shape index (κ2) is 7.33. The number of Topliss-reactive ketones (excluding diaryl/α,β-unsaturated/α-hetero) is 1. The Morgan fingerprint density at radius 1 is 1.04 bits per heavy atom. The van der Waals surface area contributed by atoms with Gasteiger partial charge in [0.15, 0.2) is 5.78 Å². The van der Waals surface area contributed by atoms with E-state index in [4.69, 9.17) is 5.11 Å². The van der Waals surface area contributed by atoms with E-state index >= 15 is 0 Å². The zero-order valence-electron chi connectivity index (χ0n) is 14.1. The van der Waals surface area contributed by atoms with Crippen molar-refractivity contribution in [2.24, 2.45) is 0 Å². The number of allylic oxidation sites excluding steroid dienone is 1. The minimum atomic E-state index is -0.546. The van der Waals surface area contributed by atoms with E-state index in [9.17, 15) is 14.4 Å². The van der Waals surface area contributed by atoms with Gasteiger partial charge in [-0.15, -0.1) is 6.58 Å². The van der Waals surface area contributed by atoms with Crippen molar-refractivity contribution in [1.29, 1.82) is 0 Å². The summed E-state index contributed by atoms with van der Waals surface area (Å²) in [7, 11) is 0. The summed E-state index contributed by atoms with van der Waals surface area (Å²) in [6.45, 7) is 3.45. The smallest absolute Gasteiger partial charge is 0.332 e. The normalized spacial score (nSPS) is 10.8. The topological polar surface area (TPSA) is 81.3 Å². The highest BCUT2D eigenvalue weighted by Crippen LogP contribution is 2.11. The zero-order valence-corrected chi connectivity index (χ0v) is 14.1.